The molecule has 0 amide bonds. The Hall–Kier alpha value is -0.0800. The van der Waals surface area contributed by atoms with Crippen LogP contribution in [0.4, 0.5) is 0 Å². The van der Waals surface area contributed by atoms with Crippen LogP contribution in [-0.4, -0.2) is 17.8 Å². The molecule has 0 aliphatic heterocycles. The van der Waals surface area contributed by atoms with Gasteiger partial charge in [0.05, 0.1) is 6.10 Å². The minimum Gasteiger partial charge on any atom is -0.393 e. The molecule has 2 nitrogen and oxygen atoms in total. The van der Waals surface area contributed by atoms with Crippen molar-refractivity contribution in [3.05, 3.63) is 0 Å². The average Bonchev–Trinajstić information content (AvgIpc) is 2.27. The van der Waals surface area contributed by atoms with Crippen molar-refractivity contribution in [2.24, 2.45) is 5.73 Å². The lowest BCUT2D eigenvalue weighted by molar-refractivity contribution is 0.150. The first-order chi connectivity index (χ1) is 7.81. The SMILES string of the molecule is CCCC(O)CCCCCCCCCCN. The molecule has 0 heterocycles. The zero-order valence-corrected chi connectivity index (χ0v) is 11.1. The third-order valence-corrected chi connectivity index (χ3v) is 3.11. The normalized spacial score (nSPS) is 12.9. The monoisotopic (exact) mass is 229 g/mol. The zero-order valence-electron chi connectivity index (χ0n) is 11.1. The molecule has 2 heteroatoms. The van der Waals surface area contributed by atoms with Crippen LogP contribution in [0.1, 0.15) is 77.6 Å². The summed E-state index contributed by atoms with van der Waals surface area (Å²) in [6, 6.07) is 0. The highest BCUT2D eigenvalue weighted by Crippen LogP contribution is 2.12. The van der Waals surface area contributed by atoms with Gasteiger partial charge in [-0.1, -0.05) is 58.3 Å². The maximum absolute atomic E-state index is 9.54. The molecule has 0 aliphatic carbocycles. The van der Waals surface area contributed by atoms with Crippen LogP contribution in [0, 0.1) is 0 Å². The van der Waals surface area contributed by atoms with Crippen molar-refractivity contribution >= 4 is 0 Å². The number of aliphatic hydroxyl groups excluding tert-OH is 1. The standard InChI is InChI=1S/C14H31NO/c1-2-11-14(16)12-9-7-5-3-4-6-8-10-13-15/h14,16H,2-13,15H2,1H3. The van der Waals surface area contributed by atoms with Crippen LogP contribution in [0.3, 0.4) is 0 Å². The fourth-order valence-corrected chi connectivity index (χ4v) is 2.06. The predicted molar refractivity (Wildman–Crippen MR) is 71.5 cm³/mol. The molecule has 3 N–H and O–H groups in total. The summed E-state index contributed by atoms with van der Waals surface area (Å²) in [4.78, 5) is 0. The summed E-state index contributed by atoms with van der Waals surface area (Å²) in [5, 5.41) is 9.54. The Morgan fingerprint density at radius 3 is 1.81 bits per heavy atom. The van der Waals surface area contributed by atoms with E-state index < -0.39 is 0 Å². The first-order valence-electron chi connectivity index (χ1n) is 7.19. The second kappa shape index (κ2) is 13.0. The Labute approximate surface area is 102 Å². The molecule has 0 saturated heterocycles. The molecule has 16 heavy (non-hydrogen) atoms. The van der Waals surface area contributed by atoms with Gasteiger partial charge in [-0.25, -0.2) is 0 Å². The molecule has 1 atom stereocenters. The smallest absolute Gasteiger partial charge is 0.0540 e. The molecule has 0 aromatic heterocycles. The maximum atomic E-state index is 9.54. The number of rotatable bonds is 12. The van der Waals surface area contributed by atoms with E-state index in [4.69, 9.17) is 5.73 Å². The van der Waals surface area contributed by atoms with Gasteiger partial charge in [0.1, 0.15) is 0 Å². The Morgan fingerprint density at radius 1 is 0.812 bits per heavy atom. The van der Waals surface area contributed by atoms with Crippen molar-refractivity contribution < 1.29 is 5.11 Å². The summed E-state index contributed by atoms with van der Waals surface area (Å²) in [6.07, 6.45) is 13.4. The molecule has 0 aromatic rings. The summed E-state index contributed by atoms with van der Waals surface area (Å²) in [5.41, 5.74) is 5.44. The number of unbranched alkanes of at least 4 members (excludes halogenated alkanes) is 7. The molecule has 0 fully saturated rings. The minimum atomic E-state index is -0.0467. The van der Waals surface area contributed by atoms with Gasteiger partial charge < -0.3 is 10.8 Å². The highest BCUT2D eigenvalue weighted by Gasteiger charge is 2.01. The van der Waals surface area contributed by atoms with Crippen LogP contribution in [0.25, 0.3) is 0 Å². The van der Waals surface area contributed by atoms with E-state index in [0.717, 1.165) is 25.8 Å². The molecule has 1 unspecified atom stereocenters. The van der Waals surface area contributed by atoms with Crippen LogP contribution >= 0.6 is 0 Å². The Balaban J connectivity index is 2.98. The summed E-state index contributed by atoms with van der Waals surface area (Å²) in [6.45, 7) is 2.97. The Morgan fingerprint density at radius 2 is 1.31 bits per heavy atom. The molecule has 0 radical (unpaired) electrons. The molecule has 0 bridgehead atoms. The lowest BCUT2D eigenvalue weighted by Gasteiger charge is -2.08. The minimum absolute atomic E-state index is 0.0467. The number of hydrogen-bond acceptors (Lipinski definition) is 2. The Kier molecular flexibility index (Phi) is 12.9. The van der Waals surface area contributed by atoms with Crippen molar-refractivity contribution in [1.29, 1.82) is 0 Å². The van der Waals surface area contributed by atoms with Gasteiger partial charge in [-0.05, 0) is 25.8 Å². The van der Waals surface area contributed by atoms with Crippen LogP contribution in [0.15, 0.2) is 0 Å². The van der Waals surface area contributed by atoms with E-state index in [1.165, 1.54) is 51.4 Å². The van der Waals surface area contributed by atoms with Gasteiger partial charge in [-0.2, -0.15) is 0 Å². The molecule has 0 rings (SSSR count). The zero-order chi connectivity index (χ0) is 12.1. The fourth-order valence-electron chi connectivity index (χ4n) is 2.06. The average molecular weight is 229 g/mol. The van der Waals surface area contributed by atoms with Gasteiger partial charge in [-0.3, -0.25) is 0 Å². The molecule has 0 aromatic carbocycles. The van der Waals surface area contributed by atoms with E-state index in [-0.39, 0.29) is 6.10 Å². The summed E-state index contributed by atoms with van der Waals surface area (Å²) >= 11 is 0. The third kappa shape index (κ3) is 12.0. The lowest BCUT2D eigenvalue weighted by atomic mass is 10.0. The predicted octanol–water partition coefficient (Wildman–Crippen LogP) is 3.62. The molecule has 0 saturated carbocycles. The van der Waals surface area contributed by atoms with Gasteiger partial charge in [-0.15, -0.1) is 0 Å². The van der Waals surface area contributed by atoms with Crippen molar-refractivity contribution in [2.75, 3.05) is 6.54 Å². The second-order valence-electron chi connectivity index (χ2n) is 4.85. The number of hydrogen-bond donors (Lipinski definition) is 2. The molecule has 98 valence electrons. The van der Waals surface area contributed by atoms with Crippen molar-refractivity contribution in [1.82, 2.24) is 0 Å². The van der Waals surface area contributed by atoms with Crippen LogP contribution in [0.5, 0.6) is 0 Å². The van der Waals surface area contributed by atoms with Gasteiger partial charge in [0.25, 0.3) is 0 Å². The van der Waals surface area contributed by atoms with E-state index in [2.05, 4.69) is 6.92 Å². The maximum Gasteiger partial charge on any atom is 0.0540 e. The largest absolute Gasteiger partial charge is 0.393 e. The van der Waals surface area contributed by atoms with E-state index in [0.29, 0.717) is 0 Å². The fraction of sp³-hybridized carbons (Fsp3) is 1.00. The molecular formula is C14H31NO. The number of nitrogens with two attached hydrogens (primary N) is 1. The van der Waals surface area contributed by atoms with Crippen molar-refractivity contribution in [3.8, 4) is 0 Å². The molecule has 0 aliphatic rings. The first-order valence-corrected chi connectivity index (χ1v) is 7.19. The second-order valence-corrected chi connectivity index (χ2v) is 4.85. The van der Waals surface area contributed by atoms with E-state index in [1.807, 2.05) is 0 Å². The summed E-state index contributed by atoms with van der Waals surface area (Å²) in [5.74, 6) is 0. The van der Waals surface area contributed by atoms with E-state index >= 15 is 0 Å². The van der Waals surface area contributed by atoms with Crippen LogP contribution < -0.4 is 5.73 Å². The third-order valence-electron chi connectivity index (χ3n) is 3.11. The molecular weight excluding hydrogens is 198 g/mol. The quantitative estimate of drug-likeness (QED) is 0.502. The first kappa shape index (κ1) is 15.9. The van der Waals surface area contributed by atoms with Crippen LogP contribution in [0.2, 0.25) is 0 Å². The number of aliphatic hydroxyl groups is 1. The van der Waals surface area contributed by atoms with Crippen molar-refractivity contribution in [2.45, 2.75) is 83.7 Å². The van der Waals surface area contributed by atoms with Gasteiger partial charge in [0.15, 0.2) is 0 Å². The molecule has 0 spiro atoms. The van der Waals surface area contributed by atoms with Gasteiger partial charge in [0, 0.05) is 0 Å². The van der Waals surface area contributed by atoms with Gasteiger partial charge in [0.2, 0.25) is 0 Å². The van der Waals surface area contributed by atoms with E-state index in [9.17, 15) is 5.11 Å². The lowest BCUT2D eigenvalue weighted by Crippen LogP contribution is -2.04. The topological polar surface area (TPSA) is 46.2 Å². The van der Waals surface area contributed by atoms with E-state index in [1.54, 1.807) is 0 Å². The highest BCUT2D eigenvalue weighted by atomic mass is 16.3. The highest BCUT2D eigenvalue weighted by molar-refractivity contribution is 4.55. The summed E-state index contributed by atoms with van der Waals surface area (Å²) in [7, 11) is 0. The summed E-state index contributed by atoms with van der Waals surface area (Å²) < 4.78 is 0. The Bertz CT molecular complexity index is 128. The van der Waals surface area contributed by atoms with Crippen molar-refractivity contribution in [3.63, 3.8) is 0 Å². The van der Waals surface area contributed by atoms with Gasteiger partial charge >= 0.3 is 0 Å². The van der Waals surface area contributed by atoms with Crippen LogP contribution in [-0.2, 0) is 0 Å².